The van der Waals surface area contributed by atoms with Gasteiger partial charge in [0.05, 0.1) is 5.88 Å². The smallest absolute Gasteiger partial charge is 0.222 e. The van der Waals surface area contributed by atoms with Gasteiger partial charge in [-0.3, -0.25) is 4.79 Å². The fourth-order valence-electron chi connectivity index (χ4n) is 2.53. The van der Waals surface area contributed by atoms with Crippen LogP contribution in [0.3, 0.4) is 0 Å². The molecule has 23 heavy (non-hydrogen) atoms. The van der Waals surface area contributed by atoms with Crippen molar-refractivity contribution in [2.75, 3.05) is 12.4 Å². The van der Waals surface area contributed by atoms with Crippen LogP contribution in [-0.2, 0) is 10.7 Å². The monoisotopic (exact) mass is 333 g/mol. The molecule has 2 aromatic rings. The standard InChI is InChI=1S/C16H16ClN3O3/c1-9(21)19-14-5-10(3-4-18-14)13-8-20(2)16(22)12-6-11(7-17)23-15(12)13/h3-6,8,16,22H,7H2,1-2H3,(H,18,19,21). The third-order valence-corrected chi connectivity index (χ3v) is 3.82. The van der Waals surface area contributed by atoms with E-state index in [4.69, 9.17) is 16.0 Å². The Balaban J connectivity index is 2.07. The fraction of sp³-hybridized carbons (Fsp3) is 0.250. The number of nitrogens with one attached hydrogen (secondary N) is 1. The molecule has 0 bridgehead atoms. The zero-order valence-corrected chi connectivity index (χ0v) is 13.5. The van der Waals surface area contributed by atoms with E-state index in [1.807, 2.05) is 6.07 Å². The minimum atomic E-state index is -0.786. The number of rotatable bonds is 3. The van der Waals surface area contributed by atoms with Gasteiger partial charge in [0.25, 0.3) is 0 Å². The van der Waals surface area contributed by atoms with Crippen LogP contribution in [0.2, 0.25) is 0 Å². The van der Waals surface area contributed by atoms with Crippen molar-refractivity contribution in [3.05, 3.63) is 53.2 Å². The quantitative estimate of drug-likeness (QED) is 0.844. The second kappa shape index (κ2) is 6.06. The summed E-state index contributed by atoms with van der Waals surface area (Å²) in [7, 11) is 1.77. The van der Waals surface area contributed by atoms with Crippen LogP contribution in [0.25, 0.3) is 5.57 Å². The van der Waals surface area contributed by atoms with Crippen LogP contribution >= 0.6 is 11.6 Å². The summed E-state index contributed by atoms with van der Waals surface area (Å²) >= 11 is 5.84. The van der Waals surface area contributed by atoms with Crippen LogP contribution in [0.4, 0.5) is 5.82 Å². The van der Waals surface area contributed by atoms with E-state index in [-0.39, 0.29) is 11.8 Å². The molecule has 1 amide bonds. The zero-order chi connectivity index (χ0) is 16.6. The highest BCUT2D eigenvalue weighted by atomic mass is 35.5. The lowest BCUT2D eigenvalue weighted by Crippen LogP contribution is -2.23. The van der Waals surface area contributed by atoms with Crippen molar-refractivity contribution in [2.24, 2.45) is 0 Å². The molecule has 120 valence electrons. The predicted octanol–water partition coefficient (Wildman–Crippen LogP) is 2.70. The average Bonchev–Trinajstić information content (AvgIpc) is 2.95. The van der Waals surface area contributed by atoms with Crippen LogP contribution in [0, 0.1) is 0 Å². The van der Waals surface area contributed by atoms with E-state index >= 15 is 0 Å². The van der Waals surface area contributed by atoms with Gasteiger partial charge in [-0.15, -0.1) is 11.6 Å². The average molecular weight is 334 g/mol. The van der Waals surface area contributed by atoms with Gasteiger partial charge < -0.3 is 19.7 Å². The summed E-state index contributed by atoms with van der Waals surface area (Å²) < 4.78 is 5.77. The number of amides is 1. The molecule has 1 aliphatic heterocycles. The maximum atomic E-state index is 11.2. The number of nitrogens with zero attached hydrogens (tertiary/aromatic N) is 2. The molecule has 0 fully saturated rings. The molecule has 3 heterocycles. The van der Waals surface area contributed by atoms with Gasteiger partial charge in [-0.25, -0.2) is 4.98 Å². The summed E-state index contributed by atoms with van der Waals surface area (Å²) in [5.74, 6) is 1.65. The summed E-state index contributed by atoms with van der Waals surface area (Å²) in [6, 6.07) is 5.33. The Morgan fingerprint density at radius 1 is 1.52 bits per heavy atom. The molecule has 2 N–H and O–H groups in total. The summed E-state index contributed by atoms with van der Waals surface area (Å²) in [5.41, 5.74) is 2.27. The van der Waals surface area contributed by atoms with Crippen LogP contribution in [-0.4, -0.2) is 27.9 Å². The molecule has 0 radical (unpaired) electrons. The normalized spacial score (nSPS) is 16.8. The second-order valence-corrected chi connectivity index (χ2v) is 5.59. The van der Waals surface area contributed by atoms with E-state index < -0.39 is 6.23 Å². The third-order valence-electron chi connectivity index (χ3n) is 3.56. The van der Waals surface area contributed by atoms with Gasteiger partial charge in [-0.1, -0.05) is 0 Å². The van der Waals surface area contributed by atoms with Crippen molar-refractivity contribution in [2.45, 2.75) is 19.0 Å². The Morgan fingerprint density at radius 3 is 3.00 bits per heavy atom. The van der Waals surface area contributed by atoms with Crippen molar-refractivity contribution in [1.29, 1.82) is 0 Å². The van der Waals surface area contributed by atoms with Gasteiger partial charge in [-0.2, -0.15) is 0 Å². The number of fused-ring (bicyclic) bond motifs is 1. The first-order valence-electron chi connectivity index (χ1n) is 7.04. The van der Waals surface area contributed by atoms with Crippen LogP contribution in [0.1, 0.15) is 35.8 Å². The number of carbonyl (C=O) groups is 1. The van der Waals surface area contributed by atoms with Crippen molar-refractivity contribution in [3.63, 3.8) is 0 Å². The highest BCUT2D eigenvalue weighted by Gasteiger charge is 2.28. The lowest BCUT2D eigenvalue weighted by atomic mass is 9.98. The molecule has 0 spiro atoms. The van der Waals surface area contributed by atoms with Gasteiger partial charge in [0.2, 0.25) is 5.91 Å². The first kappa shape index (κ1) is 15.6. The summed E-state index contributed by atoms with van der Waals surface area (Å²) in [4.78, 5) is 17.0. The van der Waals surface area contributed by atoms with Crippen LogP contribution in [0.5, 0.6) is 0 Å². The first-order chi connectivity index (χ1) is 11.0. The molecular weight excluding hydrogens is 318 g/mol. The molecule has 6 nitrogen and oxygen atoms in total. The Bertz CT molecular complexity index is 785. The summed E-state index contributed by atoms with van der Waals surface area (Å²) in [5, 5.41) is 12.9. The van der Waals surface area contributed by atoms with E-state index in [0.717, 1.165) is 11.1 Å². The first-order valence-corrected chi connectivity index (χ1v) is 7.58. The number of alkyl halides is 1. The maximum Gasteiger partial charge on any atom is 0.222 e. The van der Waals surface area contributed by atoms with E-state index in [1.54, 1.807) is 36.5 Å². The molecule has 1 aliphatic rings. The van der Waals surface area contributed by atoms with E-state index in [2.05, 4.69) is 10.3 Å². The van der Waals surface area contributed by atoms with E-state index in [9.17, 15) is 9.90 Å². The molecule has 0 saturated carbocycles. The fourth-order valence-corrected chi connectivity index (χ4v) is 2.66. The molecule has 2 aromatic heterocycles. The van der Waals surface area contributed by atoms with E-state index in [1.165, 1.54) is 6.92 Å². The van der Waals surface area contributed by atoms with Crippen molar-refractivity contribution in [1.82, 2.24) is 9.88 Å². The minimum absolute atomic E-state index is 0.192. The Kier molecular flexibility index (Phi) is 4.11. The number of aromatic nitrogens is 1. The molecular formula is C16H16ClN3O3. The number of aliphatic hydroxyl groups excluding tert-OH is 1. The molecule has 7 heteroatoms. The lowest BCUT2D eigenvalue weighted by molar-refractivity contribution is -0.114. The number of carbonyl (C=O) groups excluding carboxylic acids is 1. The number of halogens is 1. The number of furan rings is 1. The minimum Gasteiger partial charge on any atom is -0.459 e. The largest absolute Gasteiger partial charge is 0.459 e. The third kappa shape index (κ3) is 2.95. The lowest BCUT2D eigenvalue weighted by Gasteiger charge is -2.27. The number of hydrogen-bond acceptors (Lipinski definition) is 5. The van der Waals surface area contributed by atoms with E-state index in [0.29, 0.717) is 22.9 Å². The Hall–Kier alpha value is -2.31. The molecule has 1 atom stereocenters. The summed E-state index contributed by atoms with van der Waals surface area (Å²) in [6.07, 6.45) is 2.62. The van der Waals surface area contributed by atoms with Gasteiger partial charge in [0.15, 0.2) is 6.23 Å². The molecule has 3 rings (SSSR count). The Labute approximate surface area is 138 Å². The van der Waals surface area contributed by atoms with Crippen LogP contribution in [0.15, 0.2) is 35.0 Å². The molecule has 0 saturated heterocycles. The number of aliphatic hydroxyl groups is 1. The molecule has 0 aliphatic carbocycles. The molecule has 1 unspecified atom stereocenters. The van der Waals surface area contributed by atoms with Gasteiger partial charge >= 0.3 is 0 Å². The van der Waals surface area contributed by atoms with Crippen molar-refractivity contribution in [3.8, 4) is 0 Å². The summed E-state index contributed by atoms with van der Waals surface area (Å²) in [6.45, 7) is 1.43. The van der Waals surface area contributed by atoms with Gasteiger partial charge in [-0.05, 0) is 23.8 Å². The van der Waals surface area contributed by atoms with Crippen LogP contribution < -0.4 is 5.32 Å². The van der Waals surface area contributed by atoms with Crippen molar-refractivity contribution < 1.29 is 14.3 Å². The number of pyridine rings is 1. The Morgan fingerprint density at radius 2 is 2.30 bits per heavy atom. The number of hydrogen-bond donors (Lipinski definition) is 2. The second-order valence-electron chi connectivity index (χ2n) is 5.32. The SMILES string of the molecule is CC(=O)Nc1cc(C2=CN(C)C(O)c3cc(CCl)oc32)ccn1. The molecule has 0 aromatic carbocycles. The zero-order valence-electron chi connectivity index (χ0n) is 12.7. The maximum absolute atomic E-state index is 11.2. The highest BCUT2D eigenvalue weighted by molar-refractivity contribution is 6.16. The highest BCUT2D eigenvalue weighted by Crippen LogP contribution is 2.38. The predicted molar refractivity (Wildman–Crippen MR) is 86.6 cm³/mol. The number of anilines is 1. The van der Waals surface area contributed by atoms with Crippen molar-refractivity contribution >= 4 is 28.9 Å². The van der Waals surface area contributed by atoms with Gasteiger partial charge in [0, 0.05) is 37.5 Å². The van der Waals surface area contributed by atoms with Gasteiger partial charge in [0.1, 0.15) is 17.3 Å². The topological polar surface area (TPSA) is 78.6 Å².